The maximum Gasteiger partial charge on any atom is 0.248 e. The van der Waals surface area contributed by atoms with E-state index in [9.17, 15) is 14.3 Å². The monoisotopic (exact) mass is 427 g/mol. The minimum absolute atomic E-state index is 0.0195. The molecule has 9 heteroatoms. The van der Waals surface area contributed by atoms with Gasteiger partial charge in [0, 0.05) is 29.8 Å². The number of nitrogens with one attached hydrogen (secondary N) is 2. The molecule has 1 amide bonds. The molecule has 3 aromatic rings. The van der Waals surface area contributed by atoms with Gasteiger partial charge < -0.3 is 15.7 Å². The van der Waals surface area contributed by atoms with E-state index >= 15 is 0 Å². The van der Waals surface area contributed by atoms with Gasteiger partial charge in [0.2, 0.25) is 5.91 Å². The molecule has 1 aromatic heterocycles. The number of halogens is 2. The molecule has 154 valence electrons. The second-order valence-corrected chi connectivity index (χ2v) is 7.32. The molecule has 3 N–H and O–H groups in total. The normalized spacial score (nSPS) is 14.1. The summed E-state index contributed by atoms with van der Waals surface area (Å²) in [6.07, 6.45) is 5.77. The van der Waals surface area contributed by atoms with Crippen LogP contribution < -0.4 is 10.6 Å². The molecular weight excluding hydrogens is 409 g/mol. The van der Waals surface area contributed by atoms with Gasteiger partial charge in [0.05, 0.1) is 16.2 Å². The van der Waals surface area contributed by atoms with E-state index in [0.717, 1.165) is 19.6 Å². The summed E-state index contributed by atoms with van der Waals surface area (Å²) in [7, 11) is 0. The number of phenols is 1. The number of amides is 1. The van der Waals surface area contributed by atoms with Crippen LogP contribution in [0.4, 0.5) is 21.6 Å². The molecule has 0 aliphatic carbocycles. The van der Waals surface area contributed by atoms with Gasteiger partial charge in [0.1, 0.15) is 23.7 Å². The molecule has 0 saturated carbocycles. The number of aromatic nitrogens is 2. The standard InChI is InChI=1S/C21H19ClFN5O2/c22-15-9-13(4-5-16(15)23)26-21-14-10-18(19(29)11-17(14)24-12-25-21)27-20(30)3-1-6-28-7-2-8-28/h1,3-5,9-12,29H,2,6-8H2,(H,27,30)(H,24,25,26)/b3-1+. The zero-order chi connectivity index (χ0) is 21.1. The third-order valence-corrected chi connectivity index (χ3v) is 5.06. The molecule has 7 nitrogen and oxygen atoms in total. The quantitative estimate of drug-likeness (QED) is 0.406. The van der Waals surface area contributed by atoms with Crippen molar-refractivity contribution in [1.82, 2.24) is 14.9 Å². The first kappa shape index (κ1) is 20.1. The number of benzene rings is 2. The lowest BCUT2D eigenvalue weighted by molar-refractivity contribution is -0.111. The third kappa shape index (κ3) is 4.50. The molecule has 0 radical (unpaired) electrons. The van der Waals surface area contributed by atoms with Crippen LogP contribution in [0.3, 0.4) is 0 Å². The predicted octanol–water partition coefficient (Wildman–Crippen LogP) is 4.07. The lowest BCUT2D eigenvalue weighted by Crippen LogP contribution is -2.37. The smallest absolute Gasteiger partial charge is 0.248 e. The van der Waals surface area contributed by atoms with E-state index in [4.69, 9.17) is 11.6 Å². The second-order valence-electron chi connectivity index (χ2n) is 6.91. The average Bonchev–Trinajstić information content (AvgIpc) is 2.68. The summed E-state index contributed by atoms with van der Waals surface area (Å²) < 4.78 is 13.4. The van der Waals surface area contributed by atoms with E-state index in [-0.39, 0.29) is 22.4 Å². The van der Waals surface area contributed by atoms with Crippen molar-refractivity contribution in [3.8, 4) is 5.75 Å². The summed E-state index contributed by atoms with van der Waals surface area (Å²) in [4.78, 5) is 22.8. The highest BCUT2D eigenvalue weighted by molar-refractivity contribution is 6.31. The Morgan fingerprint density at radius 3 is 2.83 bits per heavy atom. The topological polar surface area (TPSA) is 90.4 Å². The zero-order valence-electron chi connectivity index (χ0n) is 15.9. The van der Waals surface area contributed by atoms with Crippen LogP contribution in [0.1, 0.15) is 6.42 Å². The van der Waals surface area contributed by atoms with Gasteiger partial charge in [-0.1, -0.05) is 17.7 Å². The highest BCUT2D eigenvalue weighted by Crippen LogP contribution is 2.32. The Bertz CT molecular complexity index is 1130. The number of nitrogens with zero attached hydrogens (tertiary/aromatic N) is 3. The number of aromatic hydroxyl groups is 1. The van der Waals surface area contributed by atoms with E-state index in [1.54, 1.807) is 12.1 Å². The van der Waals surface area contributed by atoms with Crippen LogP contribution in [0.15, 0.2) is 48.8 Å². The van der Waals surface area contributed by atoms with Crippen molar-refractivity contribution in [3.63, 3.8) is 0 Å². The van der Waals surface area contributed by atoms with Crippen LogP contribution in [0.2, 0.25) is 5.02 Å². The molecule has 1 saturated heterocycles. The third-order valence-electron chi connectivity index (χ3n) is 4.77. The lowest BCUT2D eigenvalue weighted by Gasteiger charge is -2.29. The first-order chi connectivity index (χ1) is 14.5. The fraction of sp³-hybridized carbons (Fsp3) is 0.190. The first-order valence-corrected chi connectivity index (χ1v) is 9.77. The minimum Gasteiger partial charge on any atom is -0.506 e. The van der Waals surface area contributed by atoms with Gasteiger partial charge in [-0.2, -0.15) is 0 Å². The Hall–Kier alpha value is -3.23. The summed E-state index contributed by atoms with van der Waals surface area (Å²) in [5.41, 5.74) is 1.25. The SMILES string of the molecule is O=C(/C=C/CN1CCC1)Nc1cc2c(Nc3ccc(F)c(Cl)c3)ncnc2cc1O. The first-order valence-electron chi connectivity index (χ1n) is 9.39. The lowest BCUT2D eigenvalue weighted by atomic mass is 10.2. The van der Waals surface area contributed by atoms with Crippen LogP contribution in [0.25, 0.3) is 10.9 Å². The van der Waals surface area contributed by atoms with E-state index in [2.05, 4.69) is 25.5 Å². The zero-order valence-corrected chi connectivity index (χ0v) is 16.7. The summed E-state index contributed by atoms with van der Waals surface area (Å²) in [6, 6.07) is 7.24. The Kier molecular flexibility index (Phi) is 5.78. The van der Waals surface area contributed by atoms with E-state index in [0.29, 0.717) is 22.4 Å². The second kappa shape index (κ2) is 8.64. The Balaban J connectivity index is 1.56. The van der Waals surface area contributed by atoms with Crippen LogP contribution in [-0.4, -0.2) is 45.5 Å². The molecular formula is C21H19ClFN5O2. The number of fused-ring (bicyclic) bond motifs is 1. The number of hydrogen-bond acceptors (Lipinski definition) is 6. The molecule has 2 heterocycles. The molecule has 0 bridgehead atoms. The molecule has 2 aromatic carbocycles. The van der Waals surface area contributed by atoms with Gasteiger partial charge in [-0.05, 0) is 43.8 Å². The summed E-state index contributed by atoms with van der Waals surface area (Å²) in [6.45, 7) is 2.82. The van der Waals surface area contributed by atoms with Crippen molar-refractivity contribution in [2.45, 2.75) is 6.42 Å². The van der Waals surface area contributed by atoms with E-state index in [1.165, 1.54) is 43.1 Å². The van der Waals surface area contributed by atoms with Gasteiger partial charge in [-0.15, -0.1) is 0 Å². The van der Waals surface area contributed by atoms with E-state index in [1.807, 2.05) is 0 Å². The highest BCUT2D eigenvalue weighted by atomic mass is 35.5. The van der Waals surface area contributed by atoms with Crippen molar-refractivity contribution >= 4 is 45.6 Å². The number of likely N-dealkylation sites (tertiary alicyclic amines) is 1. The summed E-state index contributed by atoms with van der Waals surface area (Å²) >= 11 is 5.84. The van der Waals surface area contributed by atoms with Crippen molar-refractivity contribution in [1.29, 1.82) is 0 Å². The minimum atomic E-state index is -0.521. The summed E-state index contributed by atoms with van der Waals surface area (Å²) in [5.74, 6) is -0.554. The van der Waals surface area contributed by atoms with Crippen molar-refractivity contribution in [3.05, 3.63) is 59.7 Å². The Morgan fingerprint density at radius 2 is 2.10 bits per heavy atom. The van der Waals surface area contributed by atoms with Crippen molar-refractivity contribution < 1.29 is 14.3 Å². The number of carbonyl (C=O) groups excluding carboxylic acids is 1. The predicted molar refractivity (Wildman–Crippen MR) is 115 cm³/mol. The van der Waals surface area contributed by atoms with Crippen LogP contribution in [-0.2, 0) is 4.79 Å². The molecule has 1 fully saturated rings. The Labute approximate surface area is 177 Å². The summed E-state index contributed by atoms with van der Waals surface area (Å²) in [5, 5.41) is 16.6. The van der Waals surface area contributed by atoms with Gasteiger partial charge >= 0.3 is 0 Å². The maximum absolute atomic E-state index is 13.4. The molecule has 4 rings (SSSR count). The van der Waals surface area contributed by atoms with Gasteiger partial charge in [-0.3, -0.25) is 9.69 Å². The molecule has 0 unspecified atom stereocenters. The number of hydrogen-bond donors (Lipinski definition) is 3. The van der Waals surface area contributed by atoms with Crippen molar-refractivity contribution in [2.24, 2.45) is 0 Å². The largest absolute Gasteiger partial charge is 0.506 e. The Morgan fingerprint density at radius 1 is 1.27 bits per heavy atom. The number of anilines is 3. The van der Waals surface area contributed by atoms with E-state index < -0.39 is 5.82 Å². The molecule has 30 heavy (non-hydrogen) atoms. The molecule has 0 atom stereocenters. The van der Waals surface area contributed by atoms with Gasteiger partial charge in [-0.25, -0.2) is 14.4 Å². The van der Waals surface area contributed by atoms with Crippen LogP contribution in [0, 0.1) is 5.82 Å². The van der Waals surface area contributed by atoms with Gasteiger partial charge in [0.15, 0.2) is 0 Å². The number of rotatable bonds is 6. The highest BCUT2D eigenvalue weighted by Gasteiger charge is 2.13. The van der Waals surface area contributed by atoms with Crippen molar-refractivity contribution in [2.75, 3.05) is 30.3 Å². The number of phenolic OH excluding ortho intramolecular Hbond substituents is 1. The maximum atomic E-state index is 13.4. The van der Waals surface area contributed by atoms with Gasteiger partial charge in [0.25, 0.3) is 0 Å². The fourth-order valence-corrected chi connectivity index (χ4v) is 3.23. The number of carbonyl (C=O) groups is 1. The average molecular weight is 428 g/mol. The molecule has 1 aliphatic heterocycles. The molecule has 1 aliphatic rings. The fourth-order valence-electron chi connectivity index (χ4n) is 3.05. The van der Waals surface area contributed by atoms with Crippen LogP contribution >= 0.6 is 11.6 Å². The van der Waals surface area contributed by atoms with Crippen LogP contribution in [0.5, 0.6) is 5.75 Å². The molecule has 0 spiro atoms.